The minimum atomic E-state index is -0.505. The van der Waals surface area contributed by atoms with Gasteiger partial charge in [0.2, 0.25) is 0 Å². The van der Waals surface area contributed by atoms with Gasteiger partial charge in [0.15, 0.2) is 0 Å². The van der Waals surface area contributed by atoms with Gasteiger partial charge in [-0.1, -0.05) is 20.8 Å². The number of hydrogen-bond donors (Lipinski definition) is 2. The average Bonchev–Trinajstić information content (AvgIpc) is 2.83. The molecule has 0 bridgehead atoms. The Morgan fingerprint density at radius 1 is 1.42 bits per heavy atom. The van der Waals surface area contributed by atoms with Gasteiger partial charge in [0, 0.05) is 0 Å². The Morgan fingerprint density at radius 3 is 2.17 bits per heavy atom. The SMILES string of the molecule is CC(C)C(O)(C(C)CN)C1CC1. The highest BCUT2D eigenvalue weighted by molar-refractivity contribution is 4.99. The van der Waals surface area contributed by atoms with Crippen molar-refractivity contribution in [2.24, 2.45) is 23.5 Å². The first-order valence-electron chi connectivity index (χ1n) is 4.95. The van der Waals surface area contributed by atoms with Crippen molar-refractivity contribution in [2.75, 3.05) is 6.54 Å². The Morgan fingerprint density at radius 2 is 1.92 bits per heavy atom. The molecule has 0 amide bonds. The zero-order chi connectivity index (χ0) is 9.35. The molecule has 0 aromatic rings. The van der Waals surface area contributed by atoms with Crippen molar-refractivity contribution in [2.45, 2.75) is 39.2 Å². The van der Waals surface area contributed by atoms with Crippen molar-refractivity contribution < 1.29 is 5.11 Å². The molecule has 2 heteroatoms. The molecule has 0 spiro atoms. The van der Waals surface area contributed by atoms with Gasteiger partial charge in [-0.05, 0) is 37.1 Å². The first-order chi connectivity index (χ1) is 5.53. The third kappa shape index (κ3) is 1.50. The van der Waals surface area contributed by atoms with Crippen LogP contribution in [0.4, 0.5) is 0 Å². The molecule has 0 aliphatic heterocycles. The summed E-state index contributed by atoms with van der Waals surface area (Å²) in [6.45, 7) is 6.82. The normalized spacial score (nSPS) is 25.5. The Kier molecular flexibility index (Phi) is 2.79. The van der Waals surface area contributed by atoms with E-state index in [-0.39, 0.29) is 5.92 Å². The van der Waals surface area contributed by atoms with Gasteiger partial charge in [-0.3, -0.25) is 0 Å². The van der Waals surface area contributed by atoms with Crippen molar-refractivity contribution in [3.63, 3.8) is 0 Å². The summed E-state index contributed by atoms with van der Waals surface area (Å²) in [6, 6.07) is 0. The largest absolute Gasteiger partial charge is 0.389 e. The summed E-state index contributed by atoms with van der Waals surface area (Å²) in [5.74, 6) is 1.06. The summed E-state index contributed by atoms with van der Waals surface area (Å²) in [4.78, 5) is 0. The third-order valence-electron chi connectivity index (χ3n) is 3.30. The maximum atomic E-state index is 10.4. The Balaban J connectivity index is 2.70. The van der Waals surface area contributed by atoms with E-state index in [1.807, 2.05) is 0 Å². The van der Waals surface area contributed by atoms with Gasteiger partial charge in [-0.2, -0.15) is 0 Å². The second kappa shape index (κ2) is 3.35. The van der Waals surface area contributed by atoms with Gasteiger partial charge in [-0.25, -0.2) is 0 Å². The fourth-order valence-corrected chi connectivity index (χ4v) is 2.18. The van der Waals surface area contributed by atoms with E-state index < -0.39 is 5.60 Å². The average molecular weight is 171 g/mol. The number of aliphatic hydroxyl groups is 1. The van der Waals surface area contributed by atoms with E-state index in [0.29, 0.717) is 18.4 Å². The molecule has 2 atom stereocenters. The molecule has 3 N–H and O–H groups in total. The first kappa shape index (κ1) is 10.0. The molecule has 0 aromatic heterocycles. The van der Waals surface area contributed by atoms with Gasteiger partial charge in [0.1, 0.15) is 0 Å². The van der Waals surface area contributed by atoms with Gasteiger partial charge in [-0.15, -0.1) is 0 Å². The van der Waals surface area contributed by atoms with Crippen molar-refractivity contribution in [1.29, 1.82) is 0 Å². The lowest BCUT2D eigenvalue weighted by Gasteiger charge is -2.37. The van der Waals surface area contributed by atoms with Crippen LogP contribution in [0.25, 0.3) is 0 Å². The Bertz CT molecular complexity index is 150. The zero-order valence-electron chi connectivity index (χ0n) is 8.38. The van der Waals surface area contributed by atoms with E-state index in [1.54, 1.807) is 0 Å². The summed E-state index contributed by atoms with van der Waals surface area (Å²) in [6.07, 6.45) is 2.36. The Labute approximate surface area is 75.2 Å². The lowest BCUT2D eigenvalue weighted by molar-refractivity contribution is -0.0692. The summed E-state index contributed by atoms with van der Waals surface area (Å²) in [7, 11) is 0. The number of rotatable bonds is 4. The summed E-state index contributed by atoms with van der Waals surface area (Å²) < 4.78 is 0. The monoisotopic (exact) mass is 171 g/mol. The molecule has 1 aliphatic carbocycles. The summed E-state index contributed by atoms with van der Waals surface area (Å²) in [5, 5.41) is 10.4. The second-order valence-electron chi connectivity index (χ2n) is 4.45. The molecule has 0 aromatic carbocycles. The van der Waals surface area contributed by atoms with Crippen molar-refractivity contribution in [3.8, 4) is 0 Å². The maximum Gasteiger partial charge on any atom is 0.0735 e. The van der Waals surface area contributed by atoms with Crippen LogP contribution in [-0.4, -0.2) is 17.3 Å². The van der Waals surface area contributed by atoms with Crippen LogP contribution >= 0.6 is 0 Å². The Hall–Kier alpha value is -0.0800. The molecule has 1 saturated carbocycles. The van der Waals surface area contributed by atoms with Crippen LogP contribution in [0.5, 0.6) is 0 Å². The molecule has 0 heterocycles. The smallest absolute Gasteiger partial charge is 0.0735 e. The third-order valence-corrected chi connectivity index (χ3v) is 3.30. The van der Waals surface area contributed by atoms with Crippen LogP contribution in [0.2, 0.25) is 0 Å². The summed E-state index contributed by atoms with van der Waals surface area (Å²) >= 11 is 0. The van der Waals surface area contributed by atoms with E-state index in [9.17, 15) is 5.11 Å². The molecule has 1 rings (SSSR count). The first-order valence-corrected chi connectivity index (χ1v) is 4.95. The highest BCUT2D eigenvalue weighted by Crippen LogP contribution is 2.47. The molecular weight excluding hydrogens is 150 g/mol. The second-order valence-corrected chi connectivity index (χ2v) is 4.45. The predicted octanol–water partition coefficient (Wildman–Crippen LogP) is 1.38. The van der Waals surface area contributed by atoms with Gasteiger partial charge in [0.05, 0.1) is 5.60 Å². The van der Waals surface area contributed by atoms with Crippen molar-refractivity contribution in [1.82, 2.24) is 0 Å². The molecule has 1 aliphatic rings. The van der Waals surface area contributed by atoms with E-state index >= 15 is 0 Å². The van der Waals surface area contributed by atoms with Crippen LogP contribution < -0.4 is 5.73 Å². The quantitative estimate of drug-likeness (QED) is 0.671. The van der Waals surface area contributed by atoms with E-state index in [1.165, 1.54) is 12.8 Å². The van der Waals surface area contributed by atoms with Crippen LogP contribution in [0.1, 0.15) is 33.6 Å². The van der Waals surface area contributed by atoms with Crippen molar-refractivity contribution in [3.05, 3.63) is 0 Å². The summed E-state index contributed by atoms with van der Waals surface area (Å²) in [5.41, 5.74) is 5.10. The molecular formula is C10H21NO. The topological polar surface area (TPSA) is 46.2 Å². The zero-order valence-corrected chi connectivity index (χ0v) is 8.38. The van der Waals surface area contributed by atoms with E-state index in [0.717, 1.165) is 0 Å². The fourth-order valence-electron chi connectivity index (χ4n) is 2.18. The van der Waals surface area contributed by atoms with Crippen LogP contribution in [0, 0.1) is 17.8 Å². The molecule has 1 fully saturated rings. The highest BCUT2D eigenvalue weighted by atomic mass is 16.3. The molecule has 0 radical (unpaired) electrons. The van der Waals surface area contributed by atoms with Gasteiger partial charge >= 0.3 is 0 Å². The minimum absolute atomic E-state index is 0.227. The molecule has 2 unspecified atom stereocenters. The van der Waals surface area contributed by atoms with Gasteiger partial charge in [0.25, 0.3) is 0 Å². The maximum absolute atomic E-state index is 10.4. The number of nitrogens with two attached hydrogens (primary N) is 1. The molecule has 12 heavy (non-hydrogen) atoms. The fraction of sp³-hybridized carbons (Fsp3) is 1.00. The lowest BCUT2D eigenvalue weighted by atomic mass is 9.76. The minimum Gasteiger partial charge on any atom is -0.389 e. The standard InChI is InChI=1S/C10H21NO/c1-7(2)10(12,8(3)6-11)9-4-5-9/h7-9,12H,4-6,11H2,1-3H3. The van der Waals surface area contributed by atoms with E-state index in [2.05, 4.69) is 20.8 Å². The number of hydrogen-bond acceptors (Lipinski definition) is 2. The molecule has 0 saturated heterocycles. The van der Waals surface area contributed by atoms with E-state index in [4.69, 9.17) is 5.73 Å². The van der Waals surface area contributed by atoms with Crippen LogP contribution in [0.3, 0.4) is 0 Å². The van der Waals surface area contributed by atoms with Crippen LogP contribution in [0.15, 0.2) is 0 Å². The highest BCUT2D eigenvalue weighted by Gasteiger charge is 2.48. The molecule has 2 nitrogen and oxygen atoms in total. The van der Waals surface area contributed by atoms with Gasteiger partial charge < -0.3 is 10.8 Å². The predicted molar refractivity (Wildman–Crippen MR) is 50.7 cm³/mol. The van der Waals surface area contributed by atoms with Crippen LogP contribution in [-0.2, 0) is 0 Å². The molecule has 72 valence electrons. The lowest BCUT2D eigenvalue weighted by Crippen LogP contribution is -2.47. The van der Waals surface area contributed by atoms with Crippen molar-refractivity contribution >= 4 is 0 Å².